The molecule has 2 N–H and O–H groups in total. The van der Waals surface area contributed by atoms with Crippen LogP contribution in [-0.2, 0) is 16.4 Å². The molecule has 6 nitrogen and oxygen atoms in total. The van der Waals surface area contributed by atoms with Crippen molar-refractivity contribution in [3.8, 4) is 5.75 Å². The molecule has 0 aliphatic rings. The van der Waals surface area contributed by atoms with Crippen molar-refractivity contribution < 1.29 is 17.9 Å². The summed E-state index contributed by atoms with van der Waals surface area (Å²) < 4.78 is 31.0. The van der Waals surface area contributed by atoms with Crippen LogP contribution in [0.2, 0.25) is 0 Å². The maximum atomic E-state index is 12.5. The lowest BCUT2D eigenvalue weighted by Gasteiger charge is -2.13. The fourth-order valence-electron chi connectivity index (χ4n) is 2.83. The molecule has 0 aliphatic carbocycles. The number of benzene rings is 2. The first-order valence-corrected chi connectivity index (χ1v) is 11.2. The van der Waals surface area contributed by atoms with Crippen LogP contribution in [0.15, 0.2) is 42.5 Å². The van der Waals surface area contributed by atoms with Crippen LogP contribution >= 0.6 is 0 Å². The molecule has 0 unspecified atom stereocenters. The Labute approximate surface area is 167 Å². The standard InChI is InChI=1S/C21H28N2O4S/c1-15(2)27-18-10-5-8-17(14-18)9-7-13-22-21(24)19-11-6-12-20(16(19)3)23-28(4,25)26/h5-6,8,10-12,14-15,23H,7,9,13H2,1-4H3,(H,22,24). The van der Waals surface area contributed by atoms with E-state index in [9.17, 15) is 13.2 Å². The summed E-state index contributed by atoms with van der Waals surface area (Å²) in [7, 11) is -3.40. The number of sulfonamides is 1. The second-order valence-corrected chi connectivity index (χ2v) is 8.77. The van der Waals surface area contributed by atoms with Gasteiger partial charge in [0.25, 0.3) is 5.91 Å². The molecule has 28 heavy (non-hydrogen) atoms. The average Bonchev–Trinajstić information content (AvgIpc) is 2.59. The highest BCUT2D eigenvalue weighted by Crippen LogP contribution is 2.20. The number of ether oxygens (including phenoxy) is 1. The van der Waals surface area contributed by atoms with Crippen molar-refractivity contribution in [2.45, 2.75) is 39.7 Å². The van der Waals surface area contributed by atoms with E-state index >= 15 is 0 Å². The van der Waals surface area contributed by atoms with Crippen molar-refractivity contribution in [3.63, 3.8) is 0 Å². The minimum absolute atomic E-state index is 0.130. The number of anilines is 1. The highest BCUT2D eigenvalue weighted by molar-refractivity contribution is 7.92. The molecule has 0 aliphatic heterocycles. The first kappa shape index (κ1) is 21.8. The van der Waals surface area contributed by atoms with Gasteiger partial charge in [-0.2, -0.15) is 0 Å². The molecule has 1 amide bonds. The summed E-state index contributed by atoms with van der Waals surface area (Å²) >= 11 is 0. The van der Waals surface area contributed by atoms with Crippen molar-refractivity contribution in [2.75, 3.05) is 17.5 Å². The second kappa shape index (κ2) is 9.59. The van der Waals surface area contributed by atoms with E-state index in [2.05, 4.69) is 10.0 Å². The van der Waals surface area contributed by atoms with Gasteiger partial charge in [-0.05, 0) is 69.0 Å². The predicted molar refractivity (Wildman–Crippen MR) is 113 cm³/mol. The lowest BCUT2D eigenvalue weighted by atomic mass is 10.1. The number of aryl methyl sites for hydroxylation is 1. The maximum Gasteiger partial charge on any atom is 0.251 e. The van der Waals surface area contributed by atoms with E-state index in [0.29, 0.717) is 23.4 Å². The number of nitrogens with one attached hydrogen (secondary N) is 2. The first-order chi connectivity index (χ1) is 13.2. The fraction of sp³-hybridized carbons (Fsp3) is 0.381. The van der Waals surface area contributed by atoms with Gasteiger partial charge < -0.3 is 10.1 Å². The molecule has 2 rings (SSSR count). The Morgan fingerprint density at radius 3 is 2.54 bits per heavy atom. The van der Waals surface area contributed by atoms with Crippen molar-refractivity contribution in [1.82, 2.24) is 5.32 Å². The largest absolute Gasteiger partial charge is 0.491 e. The molecule has 0 saturated heterocycles. The normalized spacial score (nSPS) is 11.3. The van der Waals surface area contributed by atoms with Gasteiger partial charge in [-0.3, -0.25) is 9.52 Å². The third-order valence-corrected chi connectivity index (χ3v) is 4.66. The molecule has 0 heterocycles. The van der Waals surface area contributed by atoms with Crippen LogP contribution in [-0.4, -0.2) is 33.2 Å². The monoisotopic (exact) mass is 404 g/mol. The molecule has 0 spiro atoms. The predicted octanol–water partition coefficient (Wildman–Crippen LogP) is 3.52. The SMILES string of the molecule is Cc1c(NS(C)(=O)=O)cccc1C(=O)NCCCc1cccc(OC(C)C)c1. The van der Waals surface area contributed by atoms with E-state index in [-0.39, 0.29) is 12.0 Å². The van der Waals surface area contributed by atoms with Crippen LogP contribution in [0.5, 0.6) is 5.75 Å². The van der Waals surface area contributed by atoms with Crippen LogP contribution in [0.1, 0.15) is 41.8 Å². The molecule has 7 heteroatoms. The minimum Gasteiger partial charge on any atom is -0.491 e. The zero-order valence-corrected chi connectivity index (χ0v) is 17.6. The van der Waals surface area contributed by atoms with Gasteiger partial charge in [0, 0.05) is 12.1 Å². The third-order valence-electron chi connectivity index (χ3n) is 4.07. The second-order valence-electron chi connectivity index (χ2n) is 7.03. The summed E-state index contributed by atoms with van der Waals surface area (Å²) in [5.41, 5.74) is 2.63. The maximum absolute atomic E-state index is 12.5. The van der Waals surface area contributed by atoms with Gasteiger partial charge in [0.1, 0.15) is 5.75 Å². The molecular formula is C21H28N2O4S. The quantitative estimate of drug-likeness (QED) is 0.627. The van der Waals surface area contributed by atoms with E-state index < -0.39 is 10.0 Å². The summed E-state index contributed by atoms with van der Waals surface area (Å²) in [6.45, 7) is 6.23. The Kier molecular flexibility index (Phi) is 7.45. The molecule has 2 aromatic rings. The topological polar surface area (TPSA) is 84.5 Å². The van der Waals surface area contributed by atoms with Gasteiger partial charge in [-0.1, -0.05) is 18.2 Å². The first-order valence-electron chi connectivity index (χ1n) is 9.27. The van der Waals surface area contributed by atoms with E-state index in [0.717, 1.165) is 30.4 Å². The smallest absolute Gasteiger partial charge is 0.251 e. The number of amides is 1. The van der Waals surface area contributed by atoms with Gasteiger partial charge in [0.15, 0.2) is 0 Å². The summed E-state index contributed by atoms with van der Waals surface area (Å²) in [4.78, 5) is 12.5. The molecule has 0 atom stereocenters. The van der Waals surface area contributed by atoms with E-state index in [1.165, 1.54) is 0 Å². The Bertz CT molecular complexity index is 924. The Morgan fingerprint density at radius 2 is 1.86 bits per heavy atom. The van der Waals surface area contributed by atoms with Crippen molar-refractivity contribution in [2.24, 2.45) is 0 Å². The Morgan fingerprint density at radius 1 is 1.14 bits per heavy atom. The summed E-state index contributed by atoms with van der Waals surface area (Å²) in [5, 5.41) is 2.90. The van der Waals surface area contributed by atoms with E-state index in [4.69, 9.17) is 4.74 Å². The lowest BCUT2D eigenvalue weighted by Crippen LogP contribution is -2.26. The molecule has 0 radical (unpaired) electrons. The molecule has 2 aromatic carbocycles. The van der Waals surface area contributed by atoms with Crippen molar-refractivity contribution in [1.29, 1.82) is 0 Å². The van der Waals surface area contributed by atoms with Gasteiger partial charge in [0.2, 0.25) is 10.0 Å². The lowest BCUT2D eigenvalue weighted by molar-refractivity contribution is 0.0952. The minimum atomic E-state index is -3.40. The van der Waals surface area contributed by atoms with Gasteiger partial charge in [0.05, 0.1) is 18.0 Å². The molecule has 0 aromatic heterocycles. The molecule has 0 fully saturated rings. The molecule has 0 saturated carbocycles. The highest BCUT2D eigenvalue weighted by atomic mass is 32.2. The Balaban J connectivity index is 1.90. The number of carbonyl (C=O) groups is 1. The molecule has 0 bridgehead atoms. The zero-order valence-electron chi connectivity index (χ0n) is 16.8. The van der Waals surface area contributed by atoms with Crippen LogP contribution in [0.25, 0.3) is 0 Å². The number of hydrogen-bond acceptors (Lipinski definition) is 4. The summed E-state index contributed by atoms with van der Waals surface area (Å²) in [6.07, 6.45) is 2.83. The molecular weight excluding hydrogens is 376 g/mol. The fourth-order valence-corrected chi connectivity index (χ4v) is 3.45. The highest BCUT2D eigenvalue weighted by Gasteiger charge is 2.13. The van der Waals surface area contributed by atoms with Gasteiger partial charge in [-0.25, -0.2) is 8.42 Å². The number of hydrogen-bond donors (Lipinski definition) is 2. The van der Waals surface area contributed by atoms with Crippen molar-refractivity contribution in [3.05, 3.63) is 59.2 Å². The van der Waals surface area contributed by atoms with Gasteiger partial charge >= 0.3 is 0 Å². The van der Waals surface area contributed by atoms with Crippen LogP contribution in [0, 0.1) is 6.92 Å². The van der Waals surface area contributed by atoms with Crippen LogP contribution in [0.4, 0.5) is 5.69 Å². The van der Waals surface area contributed by atoms with Crippen LogP contribution in [0.3, 0.4) is 0 Å². The zero-order chi connectivity index (χ0) is 20.7. The number of rotatable bonds is 9. The van der Waals surface area contributed by atoms with Crippen LogP contribution < -0.4 is 14.8 Å². The van der Waals surface area contributed by atoms with Crippen molar-refractivity contribution >= 4 is 21.6 Å². The summed E-state index contributed by atoms with van der Waals surface area (Å²) in [5.74, 6) is 0.633. The van der Waals surface area contributed by atoms with E-state index in [1.54, 1.807) is 25.1 Å². The van der Waals surface area contributed by atoms with Gasteiger partial charge in [-0.15, -0.1) is 0 Å². The third kappa shape index (κ3) is 6.88. The Hall–Kier alpha value is -2.54. The van der Waals surface area contributed by atoms with E-state index in [1.807, 2.05) is 38.1 Å². The summed E-state index contributed by atoms with van der Waals surface area (Å²) in [6, 6.07) is 13.0. The average molecular weight is 405 g/mol. The molecule has 152 valence electrons. The number of carbonyl (C=O) groups excluding carboxylic acids is 1.